The fraction of sp³-hybridized carbons (Fsp3) is 0.409. The van der Waals surface area contributed by atoms with Crippen molar-refractivity contribution in [2.45, 2.75) is 40.8 Å². The number of aromatic nitrogens is 2. The Morgan fingerprint density at radius 1 is 0.889 bits per heavy atom. The molecule has 144 valence electrons. The number of hydrogen-bond donors (Lipinski definition) is 0. The first-order valence-corrected chi connectivity index (χ1v) is 9.58. The molecular weight excluding hydrogens is 340 g/mol. The standard InChI is InChI=1S/C22H28N2O3/c1-5-25-17-8-7-9-18(12-17)27-15-22-23-20-11-10-19(26-6-2)13-21(20)24(22)14-16(3)4/h7-13,16H,5-6,14-15H2,1-4H3. The highest BCUT2D eigenvalue weighted by Gasteiger charge is 2.14. The minimum Gasteiger partial charge on any atom is -0.494 e. The first-order valence-electron chi connectivity index (χ1n) is 9.58. The maximum absolute atomic E-state index is 6.01. The molecule has 0 bridgehead atoms. The molecule has 0 atom stereocenters. The highest BCUT2D eigenvalue weighted by molar-refractivity contribution is 5.77. The smallest absolute Gasteiger partial charge is 0.148 e. The molecular formula is C22H28N2O3. The third kappa shape index (κ3) is 4.73. The van der Waals surface area contributed by atoms with Gasteiger partial charge in [0.15, 0.2) is 0 Å². The van der Waals surface area contributed by atoms with Gasteiger partial charge < -0.3 is 18.8 Å². The highest BCUT2D eigenvalue weighted by atomic mass is 16.5. The summed E-state index contributed by atoms with van der Waals surface area (Å²) in [6.45, 7) is 10.9. The molecule has 3 rings (SSSR count). The van der Waals surface area contributed by atoms with Crippen molar-refractivity contribution in [2.75, 3.05) is 13.2 Å². The van der Waals surface area contributed by atoms with Crippen LogP contribution in [0.25, 0.3) is 11.0 Å². The summed E-state index contributed by atoms with van der Waals surface area (Å²) in [6.07, 6.45) is 0. The second-order valence-corrected chi connectivity index (χ2v) is 6.81. The van der Waals surface area contributed by atoms with Crippen LogP contribution >= 0.6 is 0 Å². The predicted molar refractivity (Wildman–Crippen MR) is 108 cm³/mol. The van der Waals surface area contributed by atoms with Gasteiger partial charge in [0, 0.05) is 18.7 Å². The molecule has 0 N–H and O–H groups in total. The third-order valence-corrected chi connectivity index (χ3v) is 4.14. The number of benzene rings is 2. The van der Waals surface area contributed by atoms with E-state index in [0.29, 0.717) is 25.7 Å². The third-order valence-electron chi connectivity index (χ3n) is 4.14. The molecule has 27 heavy (non-hydrogen) atoms. The van der Waals surface area contributed by atoms with Crippen LogP contribution in [0, 0.1) is 5.92 Å². The molecule has 0 aliphatic carbocycles. The van der Waals surface area contributed by atoms with Crippen LogP contribution in [0.4, 0.5) is 0 Å². The van der Waals surface area contributed by atoms with Crippen molar-refractivity contribution in [1.82, 2.24) is 9.55 Å². The van der Waals surface area contributed by atoms with Crippen molar-refractivity contribution < 1.29 is 14.2 Å². The van der Waals surface area contributed by atoms with E-state index >= 15 is 0 Å². The summed E-state index contributed by atoms with van der Waals surface area (Å²) in [6, 6.07) is 13.8. The van der Waals surface area contributed by atoms with Crippen LogP contribution in [-0.2, 0) is 13.2 Å². The van der Waals surface area contributed by atoms with Gasteiger partial charge in [0.1, 0.15) is 29.7 Å². The van der Waals surface area contributed by atoms with Gasteiger partial charge in [-0.2, -0.15) is 0 Å². The number of fused-ring (bicyclic) bond motifs is 1. The second kappa shape index (κ2) is 8.80. The Kier molecular flexibility index (Phi) is 6.22. The van der Waals surface area contributed by atoms with Crippen molar-refractivity contribution in [3.05, 3.63) is 48.3 Å². The van der Waals surface area contributed by atoms with E-state index in [1.807, 2.05) is 50.2 Å². The molecule has 3 aromatic rings. The zero-order valence-corrected chi connectivity index (χ0v) is 16.6. The average molecular weight is 368 g/mol. The number of ether oxygens (including phenoxy) is 3. The van der Waals surface area contributed by atoms with E-state index in [-0.39, 0.29) is 0 Å². The summed E-state index contributed by atoms with van der Waals surface area (Å²) in [5.41, 5.74) is 2.04. The van der Waals surface area contributed by atoms with Gasteiger partial charge in [0.2, 0.25) is 0 Å². The Hall–Kier alpha value is -2.69. The van der Waals surface area contributed by atoms with Crippen molar-refractivity contribution in [3.8, 4) is 17.2 Å². The fourth-order valence-corrected chi connectivity index (χ4v) is 3.06. The molecule has 0 fully saturated rings. The van der Waals surface area contributed by atoms with Crippen molar-refractivity contribution >= 4 is 11.0 Å². The van der Waals surface area contributed by atoms with Crippen LogP contribution in [0.2, 0.25) is 0 Å². The zero-order valence-electron chi connectivity index (χ0n) is 16.6. The Morgan fingerprint density at radius 2 is 1.56 bits per heavy atom. The van der Waals surface area contributed by atoms with Gasteiger partial charge in [-0.1, -0.05) is 19.9 Å². The number of imidazole rings is 1. The minimum absolute atomic E-state index is 0.404. The molecule has 0 unspecified atom stereocenters. The molecule has 5 nitrogen and oxygen atoms in total. The van der Waals surface area contributed by atoms with Gasteiger partial charge >= 0.3 is 0 Å². The van der Waals surface area contributed by atoms with Gasteiger partial charge in [-0.05, 0) is 44.0 Å². The van der Waals surface area contributed by atoms with Gasteiger partial charge in [0.25, 0.3) is 0 Å². The zero-order chi connectivity index (χ0) is 19.2. The molecule has 0 aliphatic heterocycles. The highest BCUT2D eigenvalue weighted by Crippen LogP contribution is 2.25. The van der Waals surface area contributed by atoms with Crippen molar-refractivity contribution in [2.24, 2.45) is 5.92 Å². The topological polar surface area (TPSA) is 45.5 Å². The molecule has 0 radical (unpaired) electrons. The van der Waals surface area contributed by atoms with E-state index in [0.717, 1.165) is 40.7 Å². The molecule has 0 aliphatic rings. The quantitative estimate of drug-likeness (QED) is 0.529. The van der Waals surface area contributed by atoms with Crippen LogP contribution in [0.15, 0.2) is 42.5 Å². The van der Waals surface area contributed by atoms with Gasteiger partial charge in [-0.25, -0.2) is 4.98 Å². The van der Waals surface area contributed by atoms with Gasteiger partial charge in [-0.15, -0.1) is 0 Å². The number of hydrogen-bond acceptors (Lipinski definition) is 4. The molecule has 2 aromatic carbocycles. The lowest BCUT2D eigenvalue weighted by atomic mass is 10.2. The van der Waals surface area contributed by atoms with Crippen molar-refractivity contribution in [3.63, 3.8) is 0 Å². The Labute approximate surface area is 160 Å². The van der Waals surface area contributed by atoms with Crippen LogP contribution in [0.1, 0.15) is 33.5 Å². The lowest BCUT2D eigenvalue weighted by Crippen LogP contribution is -2.11. The van der Waals surface area contributed by atoms with E-state index < -0.39 is 0 Å². The number of nitrogens with zero attached hydrogens (tertiary/aromatic N) is 2. The van der Waals surface area contributed by atoms with Crippen LogP contribution in [0.5, 0.6) is 17.2 Å². The molecule has 5 heteroatoms. The van der Waals surface area contributed by atoms with Crippen LogP contribution in [0.3, 0.4) is 0 Å². The lowest BCUT2D eigenvalue weighted by Gasteiger charge is -2.13. The first-order chi connectivity index (χ1) is 13.1. The maximum atomic E-state index is 6.01. The molecule has 1 aromatic heterocycles. The molecule has 0 saturated carbocycles. The Morgan fingerprint density at radius 3 is 2.22 bits per heavy atom. The summed E-state index contributed by atoms with van der Waals surface area (Å²) in [4.78, 5) is 4.79. The van der Waals surface area contributed by atoms with E-state index in [1.54, 1.807) is 0 Å². The average Bonchev–Trinajstić information content (AvgIpc) is 2.97. The van der Waals surface area contributed by atoms with E-state index in [1.165, 1.54) is 0 Å². The molecule has 0 saturated heterocycles. The molecule has 1 heterocycles. The monoisotopic (exact) mass is 368 g/mol. The van der Waals surface area contributed by atoms with Gasteiger partial charge in [0.05, 0.1) is 24.2 Å². The summed E-state index contributed by atoms with van der Waals surface area (Å²) >= 11 is 0. The Balaban J connectivity index is 1.87. The van der Waals surface area contributed by atoms with Crippen molar-refractivity contribution in [1.29, 1.82) is 0 Å². The Bertz CT molecular complexity index is 886. The normalized spacial score (nSPS) is 11.1. The summed E-state index contributed by atoms with van der Waals surface area (Å²) < 4.78 is 19.5. The van der Waals surface area contributed by atoms with E-state index in [9.17, 15) is 0 Å². The van der Waals surface area contributed by atoms with E-state index in [2.05, 4.69) is 24.5 Å². The lowest BCUT2D eigenvalue weighted by molar-refractivity contribution is 0.283. The molecule has 0 spiro atoms. The fourth-order valence-electron chi connectivity index (χ4n) is 3.06. The first kappa shape index (κ1) is 19.1. The summed E-state index contributed by atoms with van der Waals surface area (Å²) in [5.74, 6) is 3.87. The van der Waals surface area contributed by atoms with E-state index in [4.69, 9.17) is 19.2 Å². The van der Waals surface area contributed by atoms with Crippen LogP contribution < -0.4 is 14.2 Å². The summed E-state index contributed by atoms with van der Waals surface area (Å²) in [5, 5.41) is 0. The maximum Gasteiger partial charge on any atom is 0.148 e. The van der Waals surface area contributed by atoms with Crippen LogP contribution in [-0.4, -0.2) is 22.8 Å². The molecule has 0 amide bonds. The largest absolute Gasteiger partial charge is 0.494 e. The second-order valence-electron chi connectivity index (χ2n) is 6.81. The number of rotatable bonds is 9. The minimum atomic E-state index is 0.404. The summed E-state index contributed by atoms with van der Waals surface area (Å²) in [7, 11) is 0. The van der Waals surface area contributed by atoms with Gasteiger partial charge in [-0.3, -0.25) is 0 Å². The predicted octanol–water partition coefficient (Wildman–Crippen LogP) is 5.07. The SMILES string of the molecule is CCOc1cccc(OCc2nc3ccc(OCC)cc3n2CC(C)C)c1.